The Morgan fingerprint density at radius 2 is 2.10 bits per heavy atom. The first-order chi connectivity index (χ1) is 9.45. The average molecular weight is 381 g/mol. The molecule has 20 heavy (non-hydrogen) atoms. The number of aryl methyl sites for hydroxylation is 1. The molecule has 0 aliphatic heterocycles. The van der Waals surface area contributed by atoms with Crippen LogP contribution in [0.15, 0.2) is 22.0 Å². The minimum atomic E-state index is -0.561. The molecule has 2 aromatic rings. The third-order valence-corrected chi connectivity index (χ3v) is 5.58. The summed E-state index contributed by atoms with van der Waals surface area (Å²) in [6.07, 6.45) is 0.202. The summed E-state index contributed by atoms with van der Waals surface area (Å²) in [7, 11) is 1.75. The number of rotatable bonds is 4. The maximum atomic E-state index is 14.0. The topological polar surface area (TPSA) is 12.0 Å². The van der Waals surface area contributed by atoms with E-state index in [2.05, 4.69) is 21.2 Å². The van der Waals surface area contributed by atoms with Crippen LogP contribution in [0.4, 0.5) is 8.78 Å². The van der Waals surface area contributed by atoms with E-state index in [0.717, 1.165) is 10.4 Å². The largest absolute Gasteiger partial charge is 0.312 e. The molecular weight excluding hydrogens is 368 g/mol. The molecule has 1 aromatic heterocycles. The van der Waals surface area contributed by atoms with E-state index in [1.165, 1.54) is 23.5 Å². The molecule has 1 unspecified atom stereocenters. The number of thiophene rings is 1. The van der Waals surface area contributed by atoms with E-state index in [4.69, 9.17) is 11.6 Å². The number of likely N-dealkylation sites (N-methyl/N-ethyl adjacent to an activating group) is 1. The molecule has 0 amide bonds. The summed E-state index contributed by atoms with van der Waals surface area (Å²) in [5, 5.41) is 5.67. The van der Waals surface area contributed by atoms with Crippen molar-refractivity contribution in [1.82, 2.24) is 5.32 Å². The second-order valence-corrected chi connectivity index (χ2v) is 6.61. The Morgan fingerprint density at radius 1 is 1.40 bits per heavy atom. The molecule has 0 saturated heterocycles. The van der Waals surface area contributed by atoms with Crippen LogP contribution >= 0.6 is 38.9 Å². The van der Waals surface area contributed by atoms with E-state index < -0.39 is 11.6 Å². The van der Waals surface area contributed by atoms with Crippen LogP contribution in [0.3, 0.4) is 0 Å². The molecule has 1 aromatic carbocycles. The van der Waals surface area contributed by atoms with Gasteiger partial charge >= 0.3 is 0 Å². The molecule has 0 radical (unpaired) electrons. The Hall–Kier alpha value is -0.490. The molecular formula is C14H13BrClF2NS. The van der Waals surface area contributed by atoms with E-state index in [9.17, 15) is 8.78 Å². The molecule has 0 aliphatic carbocycles. The van der Waals surface area contributed by atoms with E-state index in [1.807, 2.05) is 12.3 Å². The van der Waals surface area contributed by atoms with Gasteiger partial charge in [-0.15, -0.1) is 11.3 Å². The van der Waals surface area contributed by atoms with Gasteiger partial charge in [-0.2, -0.15) is 0 Å². The maximum Gasteiger partial charge on any atom is 0.143 e. The summed E-state index contributed by atoms with van der Waals surface area (Å²) in [6.45, 7) is 1.91. The van der Waals surface area contributed by atoms with Crippen molar-refractivity contribution in [2.75, 3.05) is 7.05 Å². The Balaban J connectivity index is 2.37. The second kappa shape index (κ2) is 6.52. The molecule has 2 rings (SSSR count). The number of halogens is 4. The smallest absolute Gasteiger partial charge is 0.143 e. The lowest BCUT2D eigenvalue weighted by Gasteiger charge is -2.17. The van der Waals surface area contributed by atoms with Gasteiger partial charge in [0.25, 0.3) is 0 Å². The summed E-state index contributed by atoms with van der Waals surface area (Å²) in [5.41, 5.74) is 1.03. The van der Waals surface area contributed by atoms with Crippen LogP contribution in [-0.2, 0) is 6.42 Å². The van der Waals surface area contributed by atoms with Gasteiger partial charge in [0.1, 0.15) is 11.6 Å². The highest BCUT2D eigenvalue weighted by molar-refractivity contribution is 9.10. The highest BCUT2D eigenvalue weighted by Gasteiger charge is 2.21. The van der Waals surface area contributed by atoms with E-state index >= 15 is 0 Å². The standard InChI is InChI=1S/C14H13BrClF2NS/c1-7-6-20-14(12(7)16)11(19-2)5-8-10(17)4-3-9(15)13(8)18/h3-4,6,11,19H,5H2,1-2H3. The van der Waals surface area contributed by atoms with E-state index in [0.29, 0.717) is 5.02 Å². The summed E-state index contributed by atoms with van der Waals surface area (Å²) in [6, 6.07) is 2.40. The van der Waals surface area contributed by atoms with Crippen LogP contribution in [-0.4, -0.2) is 7.05 Å². The van der Waals surface area contributed by atoms with Crippen LogP contribution in [0, 0.1) is 18.6 Å². The first kappa shape index (κ1) is 15.9. The Morgan fingerprint density at radius 3 is 2.65 bits per heavy atom. The molecule has 1 N–H and O–H groups in total. The molecule has 6 heteroatoms. The molecule has 108 valence electrons. The van der Waals surface area contributed by atoms with Gasteiger partial charge in [0.15, 0.2) is 0 Å². The third kappa shape index (κ3) is 3.06. The molecule has 0 spiro atoms. The quantitative estimate of drug-likeness (QED) is 0.714. The monoisotopic (exact) mass is 379 g/mol. The minimum absolute atomic E-state index is 0.0563. The lowest BCUT2D eigenvalue weighted by molar-refractivity contribution is 0.516. The van der Waals surface area contributed by atoms with Crippen molar-refractivity contribution in [2.24, 2.45) is 0 Å². The highest BCUT2D eigenvalue weighted by atomic mass is 79.9. The SMILES string of the molecule is CNC(Cc1c(F)ccc(Br)c1F)c1scc(C)c1Cl. The zero-order chi connectivity index (χ0) is 14.9. The molecule has 0 fully saturated rings. The fourth-order valence-corrected chi connectivity index (χ4v) is 3.78. The van der Waals surface area contributed by atoms with Crippen molar-refractivity contribution >= 4 is 38.9 Å². The van der Waals surface area contributed by atoms with E-state index in [-0.39, 0.29) is 22.5 Å². The Labute approximate surface area is 134 Å². The van der Waals surface area contributed by atoms with Crippen LogP contribution in [0.1, 0.15) is 22.0 Å². The van der Waals surface area contributed by atoms with Crippen LogP contribution < -0.4 is 5.32 Å². The van der Waals surface area contributed by atoms with Crippen molar-refractivity contribution in [3.05, 3.63) is 54.6 Å². The molecule has 1 heterocycles. The second-order valence-electron chi connectivity index (χ2n) is 4.46. The molecule has 0 aliphatic rings. The van der Waals surface area contributed by atoms with Crippen molar-refractivity contribution in [2.45, 2.75) is 19.4 Å². The predicted molar refractivity (Wildman–Crippen MR) is 83.6 cm³/mol. The lowest BCUT2D eigenvalue weighted by Crippen LogP contribution is -2.19. The van der Waals surface area contributed by atoms with Gasteiger partial charge < -0.3 is 5.32 Å². The van der Waals surface area contributed by atoms with Gasteiger partial charge in [-0.1, -0.05) is 11.6 Å². The van der Waals surface area contributed by atoms with E-state index in [1.54, 1.807) is 7.05 Å². The first-order valence-corrected chi connectivity index (χ1v) is 8.03. The zero-order valence-electron chi connectivity index (χ0n) is 10.9. The van der Waals surface area contributed by atoms with Crippen molar-refractivity contribution in [1.29, 1.82) is 0 Å². The molecule has 1 atom stereocenters. The Kier molecular flexibility index (Phi) is 5.18. The van der Waals surface area contributed by atoms with Gasteiger partial charge in [0, 0.05) is 16.5 Å². The van der Waals surface area contributed by atoms with Gasteiger partial charge in [0.05, 0.1) is 9.50 Å². The highest BCUT2D eigenvalue weighted by Crippen LogP contribution is 2.35. The molecule has 0 bridgehead atoms. The zero-order valence-corrected chi connectivity index (χ0v) is 14.1. The summed E-state index contributed by atoms with van der Waals surface area (Å²) in [5.74, 6) is -1.11. The summed E-state index contributed by atoms with van der Waals surface area (Å²) in [4.78, 5) is 0.894. The predicted octanol–water partition coefficient (Wildman–Crippen LogP) is 5.25. The number of hydrogen-bond donors (Lipinski definition) is 1. The number of nitrogens with one attached hydrogen (secondary N) is 1. The van der Waals surface area contributed by atoms with Crippen molar-refractivity contribution in [3.8, 4) is 0 Å². The van der Waals surface area contributed by atoms with Gasteiger partial charge in [-0.05, 0) is 59.4 Å². The van der Waals surface area contributed by atoms with Crippen LogP contribution in [0.2, 0.25) is 5.02 Å². The van der Waals surface area contributed by atoms with Crippen molar-refractivity contribution in [3.63, 3.8) is 0 Å². The van der Waals surface area contributed by atoms with Crippen LogP contribution in [0.5, 0.6) is 0 Å². The third-order valence-electron chi connectivity index (χ3n) is 3.14. The van der Waals surface area contributed by atoms with Gasteiger partial charge in [0.2, 0.25) is 0 Å². The molecule has 0 saturated carbocycles. The maximum absolute atomic E-state index is 14.0. The minimum Gasteiger partial charge on any atom is -0.312 e. The lowest BCUT2D eigenvalue weighted by atomic mass is 10.0. The average Bonchev–Trinajstić information content (AvgIpc) is 2.75. The normalized spacial score (nSPS) is 12.7. The summed E-state index contributed by atoms with van der Waals surface area (Å²) >= 11 is 10.8. The van der Waals surface area contributed by atoms with Gasteiger partial charge in [-0.25, -0.2) is 8.78 Å². The fourth-order valence-electron chi connectivity index (χ4n) is 1.97. The van der Waals surface area contributed by atoms with Gasteiger partial charge in [-0.3, -0.25) is 0 Å². The number of hydrogen-bond acceptors (Lipinski definition) is 2. The number of benzene rings is 1. The fraction of sp³-hybridized carbons (Fsp3) is 0.286. The first-order valence-electron chi connectivity index (χ1n) is 5.98. The van der Waals surface area contributed by atoms with Crippen molar-refractivity contribution < 1.29 is 8.78 Å². The van der Waals surface area contributed by atoms with Crippen LogP contribution in [0.25, 0.3) is 0 Å². The Bertz CT molecular complexity index is 630. The summed E-state index contributed by atoms with van der Waals surface area (Å²) < 4.78 is 28.1. The molecule has 1 nitrogen and oxygen atoms in total.